The largest absolute Gasteiger partial charge is 0.121 e. The Kier molecular flexibility index (Phi) is 6.77. The van der Waals surface area contributed by atoms with E-state index in [1.807, 2.05) is 0 Å². The molecule has 0 amide bonds. The van der Waals surface area contributed by atoms with Gasteiger partial charge in [-0.15, -0.1) is 0 Å². The van der Waals surface area contributed by atoms with Crippen LogP contribution in [0.25, 0.3) is 76.5 Å². The molecule has 0 bridgehead atoms. The van der Waals surface area contributed by atoms with Gasteiger partial charge < -0.3 is 0 Å². The van der Waals surface area contributed by atoms with Crippen molar-refractivity contribution in [3.8, 4) is 33.4 Å². The summed E-state index contributed by atoms with van der Waals surface area (Å²) in [5, 5.41) is 13.0. The molecule has 9 aromatic carbocycles. The van der Waals surface area contributed by atoms with Crippen LogP contribution in [-0.4, -0.2) is 9.52 Å². The van der Waals surface area contributed by atoms with Crippen molar-refractivity contribution < 1.29 is 0 Å². The minimum Gasteiger partial charge on any atom is -0.0631 e. The summed E-state index contributed by atoms with van der Waals surface area (Å²) in [6, 6.07) is 67.0. The number of rotatable bonds is 5. The Morgan fingerprint density at radius 2 is 0.851 bits per heavy atom. The SMILES string of the molecule is c1ccc([Si]c2ccc3c(-c4cccc(-c5ccccc5)c4)c4ccccc4c(-c4cc5ccccc5c5ccccc45)c3c2)cc1. The highest BCUT2D eigenvalue weighted by molar-refractivity contribution is 6.67. The molecule has 0 atom stereocenters. The van der Waals surface area contributed by atoms with E-state index < -0.39 is 0 Å². The van der Waals surface area contributed by atoms with E-state index in [4.69, 9.17) is 0 Å². The Hall–Kier alpha value is -5.76. The predicted octanol–water partition coefficient (Wildman–Crippen LogP) is 11.0. The van der Waals surface area contributed by atoms with Gasteiger partial charge in [-0.2, -0.15) is 0 Å². The van der Waals surface area contributed by atoms with Crippen LogP contribution in [0.3, 0.4) is 0 Å². The fourth-order valence-electron chi connectivity index (χ4n) is 7.29. The topological polar surface area (TPSA) is 0 Å². The van der Waals surface area contributed by atoms with Crippen LogP contribution < -0.4 is 10.4 Å². The molecule has 218 valence electrons. The molecule has 0 saturated heterocycles. The second-order valence-corrected chi connectivity index (χ2v) is 13.6. The molecule has 0 nitrogen and oxygen atoms in total. The van der Waals surface area contributed by atoms with Gasteiger partial charge in [-0.25, -0.2) is 0 Å². The Morgan fingerprint density at radius 3 is 1.64 bits per heavy atom. The third-order valence-electron chi connectivity index (χ3n) is 9.38. The minimum atomic E-state index is 0.579. The maximum atomic E-state index is 2.47. The molecule has 9 aromatic rings. The highest BCUT2D eigenvalue weighted by Gasteiger charge is 2.20. The van der Waals surface area contributed by atoms with Crippen molar-refractivity contribution in [2.75, 3.05) is 0 Å². The molecule has 1 heteroatoms. The molecule has 0 saturated carbocycles. The molecular formula is C46H30Si. The van der Waals surface area contributed by atoms with E-state index in [0.29, 0.717) is 9.52 Å². The van der Waals surface area contributed by atoms with Crippen LogP contribution in [0.2, 0.25) is 0 Å². The average molecular weight is 611 g/mol. The van der Waals surface area contributed by atoms with Gasteiger partial charge in [0.1, 0.15) is 9.52 Å². The lowest BCUT2D eigenvalue weighted by atomic mass is 9.83. The van der Waals surface area contributed by atoms with Gasteiger partial charge in [-0.1, -0.05) is 180 Å². The van der Waals surface area contributed by atoms with Crippen LogP contribution in [0.1, 0.15) is 0 Å². The predicted molar refractivity (Wildman–Crippen MR) is 204 cm³/mol. The number of hydrogen-bond acceptors (Lipinski definition) is 0. The van der Waals surface area contributed by atoms with Crippen LogP contribution >= 0.6 is 0 Å². The zero-order valence-electron chi connectivity index (χ0n) is 25.8. The fraction of sp³-hybridized carbons (Fsp3) is 0. The summed E-state index contributed by atoms with van der Waals surface area (Å²) in [7, 11) is 0.579. The Morgan fingerprint density at radius 1 is 0.277 bits per heavy atom. The van der Waals surface area contributed by atoms with Gasteiger partial charge in [0.15, 0.2) is 0 Å². The Labute approximate surface area is 277 Å². The molecule has 0 aliphatic rings. The quantitative estimate of drug-likeness (QED) is 0.103. The van der Waals surface area contributed by atoms with Crippen molar-refractivity contribution in [1.82, 2.24) is 0 Å². The second-order valence-electron chi connectivity index (χ2n) is 12.2. The Bertz CT molecular complexity index is 2580. The minimum absolute atomic E-state index is 0.579. The van der Waals surface area contributed by atoms with E-state index >= 15 is 0 Å². The molecule has 0 unspecified atom stereocenters. The van der Waals surface area contributed by atoms with Gasteiger partial charge >= 0.3 is 0 Å². The first-order valence-corrected chi connectivity index (χ1v) is 17.2. The van der Waals surface area contributed by atoms with Gasteiger partial charge in [0.05, 0.1) is 0 Å². The molecule has 9 rings (SSSR count). The van der Waals surface area contributed by atoms with E-state index in [1.54, 1.807) is 0 Å². The van der Waals surface area contributed by atoms with E-state index in [9.17, 15) is 0 Å². The van der Waals surface area contributed by atoms with Gasteiger partial charge in [0, 0.05) is 0 Å². The van der Waals surface area contributed by atoms with Crippen molar-refractivity contribution >= 4 is 63.0 Å². The van der Waals surface area contributed by atoms with E-state index in [1.165, 1.54) is 86.8 Å². The lowest BCUT2D eigenvalue weighted by Crippen LogP contribution is -2.26. The van der Waals surface area contributed by atoms with Gasteiger partial charge in [-0.3, -0.25) is 0 Å². The Balaban J connectivity index is 1.40. The summed E-state index contributed by atoms with van der Waals surface area (Å²) < 4.78 is 0. The molecule has 0 aliphatic carbocycles. The number of hydrogen-bond donors (Lipinski definition) is 0. The summed E-state index contributed by atoms with van der Waals surface area (Å²) in [6.07, 6.45) is 0. The summed E-state index contributed by atoms with van der Waals surface area (Å²) in [6.45, 7) is 0. The zero-order valence-corrected chi connectivity index (χ0v) is 26.8. The smallest absolute Gasteiger partial charge is 0.0631 e. The molecule has 0 aromatic heterocycles. The summed E-state index contributed by atoms with van der Waals surface area (Å²) in [5.74, 6) is 0. The second kappa shape index (κ2) is 11.5. The first kappa shape index (κ1) is 27.5. The highest BCUT2D eigenvalue weighted by atomic mass is 28.2. The molecule has 0 spiro atoms. The van der Waals surface area contributed by atoms with Gasteiger partial charge in [0.25, 0.3) is 0 Å². The average Bonchev–Trinajstić information content (AvgIpc) is 3.14. The van der Waals surface area contributed by atoms with Crippen LogP contribution in [0.5, 0.6) is 0 Å². The van der Waals surface area contributed by atoms with Crippen molar-refractivity contribution in [2.45, 2.75) is 0 Å². The van der Waals surface area contributed by atoms with Crippen LogP contribution in [0.4, 0.5) is 0 Å². The number of fused-ring (bicyclic) bond motifs is 5. The standard InChI is InChI=1S/C46H30Si/c1-3-14-31(15-4-1)32-17-13-18-34(28-32)45-40-24-11-12-25-41(40)46(44-30-36(26-27-42(44)45)47-35-19-5-2-6-20-35)43-29-33-16-7-8-21-37(33)38-22-9-10-23-39(38)43/h1-30H. The highest BCUT2D eigenvalue weighted by Crippen LogP contribution is 2.46. The third kappa shape index (κ3) is 4.84. The lowest BCUT2D eigenvalue weighted by molar-refractivity contribution is 1.61. The van der Waals surface area contributed by atoms with Gasteiger partial charge in [0.2, 0.25) is 0 Å². The van der Waals surface area contributed by atoms with Crippen molar-refractivity contribution in [3.63, 3.8) is 0 Å². The molecule has 47 heavy (non-hydrogen) atoms. The molecule has 2 radical (unpaired) electrons. The van der Waals surface area contributed by atoms with E-state index in [0.717, 1.165) is 0 Å². The van der Waals surface area contributed by atoms with Crippen molar-refractivity contribution in [2.24, 2.45) is 0 Å². The summed E-state index contributed by atoms with van der Waals surface area (Å²) in [5.41, 5.74) is 7.57. The normalized spacial score (nSPS) is 11.5. The third-order valence-corrected chi connectivity index (χ3v) is 10.6. The summed E-state index contributed by atoms with van der Waals surface area (Å²) in [4.78, 5) is 0. The van der Waals surface area contributed by atoms with Crippen LogP contribution in [-0.2, 0) is 0 Å². The van der Waals surface area contributed by atoms with Crippen molar-refractivity contribution in [3.05, 3.63) is 182 Å². The monoisotopic (exact) mass is 610 g/mol. The first-order chi connectivity index (χ1) is 23.3. The van der Waals surface area contributed by atoms with E-state index in [2.05, 4.69) is 182 Å². The van der Waals surface area contributed by atoms with Crippen molar-refractivity contribution in [1.29, 1.82) is 0 Å². The van der Waals surface area contributed by atoms with Crippen LogP contribution in [0, 0.1) is 0 Å². The fourth-order valence-corrected chi connectivity index (χ4v) is 8.37. The molecule has 0 aliphatic heterocycles. The maximum absolute atomic E-state index is 2.47. The maximum Gasteiger partial charge on any atom is 0.121 e. The summed E-state index contributed by atoms with van der Waals surface area (Å²) >= 11 is 0. The molecule has 0 heterocycles. The van der Waals surface area contributed by atoms with E-state index in [-0.39, 0.29) is 0 Å². The molecular weight excluding hydrogens is 581 g/mol. The lowest BCUT2D eigenvalue weighted by Gasteiger charge is -2.20. The molecule has 0 N–H and O–H groups in total. The first-order valence-electron chi connectivity index (χ1n) is 16.2. The van der Waals surface area contributed by atoms with Gasteiger partial charge in [-0.05, 0) is 88.6 Å². The zero-order chi connectivity index (χ0) is 31.2. The van der Waals surface area contributed by atoms with Crippen LogP contribution in [0.15, 0.2) is 182 Å². The number of benzene rings is 9. The molecule has 0 fully saturated rings.